The fraction of sp³-hybridized carbons (Fsp3) is 0.500. The molecule has 0 aliphatic carbocycles. The van der Waals surface area contributed by atoms with Crippen molar-refractivity contribution in [1.82, 2.24) is 4.90 Å². The van der Waals surface area contributed by atoms with Gasteiger partial charge in [0.05, 0.1) is 4.91 Å². The summed E-state index contributed by atoms with van der Waals surface area (Å²) in [5, 5.41) is 17.8. The van der Waals surface area contributed by atoms with Crippen LogP contribution in [0.4, 0.5) is 0 Å². The van der Waals surface area contributed by atoms with E-state index < -0.39 is 18.0 Å². The van der Waals surface area contributed by atoms with Gasteiger partial charge in [0.25, 0.3) is 5.91 Å². The zero-order valence-corrected chi connectivity index (χ0v) is 20.5. The van der Waals surface area contributed by atoms with Crippen molar-refractivity contribution in [2.75, 3.05) is 6.54 Å². The molecule has 1 aromatic carbocycles. The van der Waals surface area contributed by atoms with Gasteiger partial charge in [0.15, 0.2) is 6.10 Å². The summed E-state index contributed by atoms with van der Waals surface area (Å²) in [7, 11) is 0. The van der Waals surface area contributed by atoms with Gasteiger partial charge in [0.2, 0.25) is 0 Å². The van der Waals surface area contributed by atoms with Crippen molar-refractivity contribution in [2.45, 2.75) is 70.8 Å². The molecule has 7 nitrogen and oxygen atoms in total. The highest BCUT2D eigenvalue weighted by Gasteiger charge is 2.31. The van der Waals surface area contributed by atoms with Crippen LogP contribution in [0.1, 0.15) is 70.3 Å². The number of hydrogen-bond donors (Lipinski definition) is 2. The second kappa shape index (κ2) is 14.0. The second-order valence-corrected chi connectivity index (χ2v) is 9.55. The van der Waals surface area contributed by atoms with E-state index in [4.69, 9.17) is 22.1 Å². The number of carboxylic acid groups (broad SMARTS) is 2. The lowest BCUT2D eigenvalue weighted by Crippen LogP contribution is -2.29. The van der Waals surface area contributed by atoms with E-state index in [-0.39, 0.29) is 12.3 Å². The maximum Gasteiger partial charge on any atom is 0.344 e. The van der Waals surface area contributed by atoms with E-state index in [0.29, 0.717) is 27.9 Å². The number of carbonyl (C=O) groups is 3. The van der Waals surface area contributed by atoms with E-state index in [9.17, 15) is 19.5 Å². The normalized spacial score (nSPS) is 15.8. The highest BCUT2D eigenvalue weighted by Crippen LogP contribution is 2.33. The molecule has 0 spiro atoms. The van der Waals surface area contributed by atoms with Crippen molar-refractivity contribution >= 4 is 52.2 Å². The number of aliphatic carboxylic acids is 2. The molecule has 2 rings (SSSR count). The number of carbonyl (C=O) groups excluding carboxylic acids is 1. The molecule has 1 aromatic rings. The van der Waals surface area contributed by atoms with Gasteiger partial charge in [-0.15, -0.1) is 0 Å². The summed E-state index contributed by atoms with van der Waals surface area (Å²) in [6, 6.07) is 7.00. The summed E-state index contributed by atoms with van der Waals surface area (Å²) < 4.78 is 6.08. The zero-order valence-electron chi connectivity index (χ0n) is 18.8. The Morgan fingerprint density at radius 1 is 1.12 bits per heavy atom. The molecule has 0 saturated carbocycles. The predicted molar refractivity (Wildman–Crippen MR) is 133 cm³/mol. The number of thioether (sulfide) groups is 1. The third-order valence-corrected chi connectivity index (χ3v) is 6.60. The van der Waals surface area contributed by atoms with E-state index in [2.05, 4.69) is 0 Å². The fourth-order valence-corrected chi connectivity index (χ4v) is 4.73. The summed E-state index contributed by atoms with van der Waals surface area (Å²) in [4.78, 5) is 36.7. The topological polar surface area (TPSA) is 104 Å². The molecule has 1 aliphatic heterocycles. The van der Waals surface area contributed by atoms with Crippen LogP contribution in [0.2, 0.25) is 0 Å². The molecule has 1 saturated heterocycles. The van der Waals surface area contributed by atoms with E-state index in [1.807, 2.05) is 6.07 Å². The molecule has 1 unspecified atom stereocenters. The van der Waals surface area contributed by atoms with Gasteiger partial charge in [-0.05, 0) is 43.0 Å². The van der Waals surface area contributed by atoms with Gasteiger partial charge < -0.3 is 14.9 Å². The van der Waals surface area contributed by atoms with E-state index in [1.54, 1.807) is 36.1 Å². The van der Waals surface area contributed by atoms with Crippen LogP contribution in [0.5, 0.6) is 5.75 Å². The van der Waals surface area contributed by atoms with Crippen molar-refractivity contribution < 1.29 is 29.3 Å². The smallest absolute Gasteiger partial charge is 0.344 e. The van der Waals surface area contributed by atoms with Crippen LogP contribution in [-0.4, -0.2) is 49.9 Å². The molecule has 1 aliphatic rings. The molecular formula is C24H31NO6S2. The second-order valence-electron chi connectivity index (χ2n) is 7.88. The first-order valence-corrected chi connectivity index (χ1v) is 12.5. The predicted octanol–water partition coefficient (Wildman–Crippen LogP) is 5.34. The van der Waals surface area contributed by atoms with Crippen LogP contribution >= 0.6 is 24.0 Å². The number of benzene rings is 1. The van der Waals surface area contributed by atoms with Crippen molar-refractivity contribution in [1.29, 1.82) is 0 Å². The first-order chi connectivity index (χ1) is 15.8. The molecule has 0 bridgehead atoms. The third kappa shape index (κ3) is 9.17. The number of rotatable bonds is 15. The summed E-state index contributed by atoms with van der Waals surface area (Å²) >= 11 is 6.67. The Morgan fingerprint density at radius 2 is 1.79 bits per heavy atom. The number of amides is 1. The molecule has 1 amide bonds. The number of unbranched alkanes of at least 4 members (excludes halogenated alkanes) is 6. The van der Waals surface area contributed by atoms with Crippen molar-refractivity contribution in [2.24, 2.45) is 0 Å². The monoisotopic (exact) mass is 493 g/mol. The van der Waals surface area contributed by atoms with Crippen LogP contribution in [0.25, 0.3) is 6.08 Å². The van der Waals surface area contributed by atoms with Crippen molar-refractivity contribution in [3.8, 4) is 5.75 Å². The summed E-state index contributed by atoms with van der Waals surface area (Å²) in [5.74, 6) is -1.42. The van der Waals surface area contributed by atoms with Gasteiger partial charge in [-0.25, -0.2) is 4.79 Å². The minimum atomic E-state index is -1.01. The molecule has 180 valence electrons. The number of hydrogen-bond acceptors (Lipinski definition) is 6. The Morgan fingerprint density at radius 3 is 2.42 bits per heavy atom. The largest absolute Gasteiger partial charge is 0.481 e. The highest BCUT2D eigenvalue weighted by atomic mass is 32.2. The summed E-state index contributed by atoms with van der Waals surface area (Å²) in [5.41, 5.74) is 0.746. The first-order valence-electron chi connectivity index (χ1n) is 11.3. The SMILES string of the molecule is CCC(Oc1cccc(/C=C2\SC(=S)N(CCCCCCCCCC(=O)O)C2=O)c1)C(=O)O. The Labute approximate surface area is 204 Å². The maximum absolute atomic E-state index is 12.8. The Hall–Kier alpha value is -2.39. The van der Waals surface area contributed by atoms with Gasteiger partial charge in [-0.1, -0.05) is 75.1 Å². The Kier molecular flexibility index (Phi) is 11.4. The van der Waals surface area contributed by atoms with Gasteiger partial charge >= 0.3 is 11.9 Å². The highest BCUT2D eigenvalue weighted by molar-refractivity contribution is 8.26. The van der Waals surface area contributed by atoms with E-state index in [1.165, 1.54) is 11.8 Å². The molecule has 1 heterocycles. The van der Waals surface area contributed by atoms with Crippen LogP contribution in [0.15, 0.2) is 29.2 Å². The Balaban J connectivity index is 1.81. The number of nitrogens with zero attached hydrogens (tertiary/aromatic N) is 1. The number of thiocarbonyl (C=S) groups is 1. The first kappa shape index (κ1) is 26.9. The lowest BCUT2D eigenvalue weighted by Gasteiger charge is -2.14. The molecule has 1 fully saturated rings. The molecule has 0 aromatic heterocycles. The number of ether oxygens (including phenoxy) is 1. The summed E-state index contributed by atoms with van der Waals surface area (Å²) in [6.07, 6.45) is 8.11. The van der Waals surface area contributed by atoms with Gasteiger partial charge in [0, 0.05) is 13.0 Å². The van der Waals surface area contributed by atoms with Crippen LogP contribution in [0, 0.1) is 0 Å². The average Bonchev–Trinajstić information content (AvgIpc) is 3.03. The molecule has 0 radical (unpaired) electrons. The molecule has 1 atom stereocenters. The summed E-state index contributed by atoms with van der Waals surface area (Å²) in [6.45, 7) is 2.33. The van der Waals surface area contributed by atoms with Gasteiger partial charge in [-0.3, -0.25) is 14.5 Å². The average molecular weight is 494 g/mol. The van der Waals surface area contributed by atoms with Crippen molar-refractivity contribution in [3.63, 3.8) is 0 Å². The van der Waals surface area contributed by atoms with E-state index in [0.717, 1.165) is 50.5 Å². The van der Waals surface area contributed by atoms with Crippen LogP contribution < -0.4 is 4.74 Å². The molecule has 9 heteroatoms. The minimum Gasteiger partial charge on any atom is -0.481 e. The standard InChI is InChI=1S/C24H31NO6S2/c1-2-19(23(29)30)31-18-12-10-11-17(15-18)16-20-22(28)25(24(32)33-20)14-9-7-5-3-4-6-8-13-21(26)27/h10-12,15-16,19H,2-9,13-14H2,1H3,(H,26,27)(H,29,30)/b20-16-. The maximum atomic E-state index is 12.8. The van der Waals surface area contributed by atoms with Gasteiger partial charge in [-0.2, -0.15) is 0 Å². The minimum absolute atomic E-state index is 0.109. The lowest BCUT2D eigenvalue weighted by molar-refractivity contribution is -0.145. The number of carboxylic acids is 2. The van der Waals surface area contributed by atoms with Crippen molar-refractivity contribution in [3.05, 3.63) is 34.7 Å². The fourth-order valence-electron chi connectivity index (χ4n) is 3.42. The molecule has 33 heavy (non-hydrogen) atoms. The van der Waals surface area contributed by atoms with E-state index >= 15 is 0 Å². The quantitative estimate of drug-likeness (QED) is 0.192. The van der Waals surface area contributed by atoms with Gasteiger partial charge in [0.1, 0.15) is 10.1 Å². The zero-order chi connectivity index (χ0) is 24.2. The molecule has 2 N–H and O–H groups in total. The Bertz CT molecular complexity index is 885. The van der Waals surface area contributed by atoms with Crippen LogP contribution in [-0.2, 0) is 14.4 Å². The van der Waals surface area contributed by atoms with Crippen LogP contribution in [0.3, 0.4) is 0 Å². The molecular weight excluding hydrogens is 462 g/mol. The lowest BCUT2D eigenvalue weighted by atomic mass is 10.1. The third-order valence-electron chi connectivity index (χ3n) is 5.23.